The predicted octanol–water partition coefficient (Wildman–Crippen LogP) is 2.97. The zero-order chi connectivity index (χ0) is 17.3. The molecule has 0 amide bonds. The van der Waals surface area contributed by atoms with E-state index in [1.807, 2.05) is 6.07 Å². The van der Waals surface area contributed by atoms with Gasteiger partial charge in [0, 0.05) is 22.5 Å². The fourth-order valence-electron chi connectivity index (χ4n) is 2.23. The van der Waals surface area contributed by atoms with Crippen LogP contribution in [0.25, 0.3) is 11.3 Å². The van der Waals surface area contributed by atoms with Gasteiger partial charge in [0.15, 0.2) is 10.6 Å². The topological polar surface area (TPSA) is 72.2 Å². The first-order valence-corrected chi connectivity index (χ1v) is 8.55. The van der Waals surface area contributed by atoms with Crippen LogP contribution in [0.4, 0.5) is 0 Å². The molecule has 5 nitrogen and oxygen atoms in total. The lowest BCUT2D eigenvalue weighted by molar-refractivity contribution is 0.449. The minimum atomic E-state index is -1.85. The average molecular weight is 361 g/mol. The van der Waals surface area contributed by atoms with E-state index in [1.165, 1.54) is 7.05 Å². The number of aromatic hydroxyl groups is 1. The second-order valence-corrected chi connectivity index (χ2v) is 6.90. The second-order valence-electron chi connectivity index (χ2n) is 5.04. The van der Waals surface area contributed by atoms with E-state index in [1.54, 1.807) is 48.5 Å². The molecule has 7 heteroatoms. The second kappa shape index (κ2) is 6.59. The lowest BCUT2D eigenvalue weighted by Crippen LogP contribution is -2.25. The molecule has 1 unspecified atom stereocenters. The zero-order valence-electron chi connectivity index (χ0n) is 12.6. The van der Waals surface area contributed by atoms with E-state index in [-0.39, 0.29) is 16.3 Å². The summed E-state index contributed by atoms with van der Waals surface area (Å²) < 4.78 is 13.9. The molecule has 0 saturated carbocycles. The third-order valence-corrected chi connectivity index (χ3v) is 5.13. The molecule has 3 rings (SSSR count). The third-order valence-electron chi connectivity index (χ3n) is 3.44. The van der Waals surface area contributed by atoms with Gasteiger partial charge in [-0.2, -0.15) is 5.10 Å². The summed E-state index contributed by atoms with van der Waals surface area (Å²) in [5.41, 5.74) is 0.218. The van der Waals surface area contributed by atoms with Gasteiger partial charge < -0.3 is 5.11 Å². The van der Waals surface area contributed by atoms with E-state index in [9.17, 15) is 14.1 Å². The van der Waals surface area contributed by atoms with Gasteiger partial charge in [0.05, 0.1) is 10.8 Å². The number of nitrogens with zero attached hydrogens (tertiary/aromatic N) is 2. The van der Waals surface area contributed by atoms with Crippen LogP contribution < -0.4 is 5.56 Å². The van der Waals surface area contributed by atoms with Gasteiger partial charge in [-0.3, -0.25) is 4.79 Å². The zero-order valence-corrected chi connectivity index (χ0v) is 14.2. The summed E-state index contributed by atoms with van der Waals surface area (Å²) in [5.74, 6) is -0.377. The first kappa shape index (κ1) is 16.4. The normalized spacial score (nSPS) is 12.1. The molecule has 0 bridgehead atoms. The van der Waals surface area contributed by atoms with Crippen molar-refractivity contribution in [3.8, 4) is 17.0 Å². The van der Waals surface area contributed by atoms with Crippen LogP contribution in [0.3, 0.4) is 0 Å². The highest BCUT2D eigenvalue weighted by atomic mass is 35.5. The Balaban J connectivity index is 2.21. The van der Waals surface area contributed by atoms with E-state index in [0.29, 0.717) is 15.5 Å². The SMILES string of the molecule is Cn1nc(-c2ccccc2)c(O)c(S(=O)c2ccc(Cl)cc2)c1=O. The maximum absolute atomic E-state index is 12.8. The number of benzene rings is 2. The molecule has 24 heavy (non-hydrogen) atoms. The molecule has 0 saturated heterocycles. The van der Waals surface area contributed by atoms with Gasteiger partial charge in [-0.1, -0.05) is 41.9 Å². The lowest BCUT2D eigenvalue weighted by atomic mass is 10.1. The number of halogens is 1. The van der Waals surface area contributed by atoms with Gasteiger partial charge in [-0.25, -0.2) is 8.89 Å². The van der Waals surface area contributed by atoms with Crippen molar-refractivity contribution >= 4 is 22.4 Å². The Morgan fingerprint density at radius 1 is 1.08 bits per heavy atom. The summed E-state index contributed by atoms with van der Waals surface area (Å²) in [5, 5.41) is 15.1. The average Bonchev–Trinajstić information content (AvgIpc) is 2.59. The van der Waals surface area contributed by atoms with Crippen molar-refractivity contribution in [2.45, 2.75) is 9.79 Å². The summed E-state index contributed by atoms with van der Waals surface area (Å²) in [6, 6.07) is 15.2. The predicted molar refractivity (Wildman–Crippen MR) is 92.7 cm³/mol. The highest BCUT2D eigenvalue weighted by Gasteiger charge is 2.23. The lowest BCUT2D eigenvalue weighted by Gasteiger charge is -2.11. The van der Waals surface area contributed by atoms with Gasteiger partial charge in [0.2, 0.25) is 0 Å². The summed E-state index contributed by atoms with van der Waals surface area (Å²) in [4.78, 5) is 12.5. The van der Waals surface area contributed by atoms with Gasteiger partial charge in [0.1, 0.15) is 5.69 Å². The fourth-order valence-corrected chi connectivity index (χ4v) is 3.54. The van der Waals surface area contributed by atoms with Gasteiger partial charge >= 0.3 is 0 Å². The van der Waals surface area contributed by atoms with Crippen molar-refractivity contribution in [1.29, 1.82) is 0 Å². The molecule has 3 aromatic rings. The number of rotatable bonds is 3. The molecule has 0 spiro atoms. The maximum atomic E-state index is 12.8. The van der Waals surface area contributed by atoms with Gasteiger partial charge in [-0.15, -0.1) is 0 Å². The van der Waals surface area contributed by atoms with E-state index < -0.39 is 16.4 Å². The maximum Gasteiger partial charge on any atom is 0.286 e. The Morgan fingerprint density at radius 2 is 1.71 bits per heavy atom. The molecular formula is C17H13ClN2O3S. The Morgan fingerprint density at radius 3 is 2.33 bits per heavy atom. The number of aromatic nitrogens is 2. The Kier molecular flexibility index (Phi) is 4.51. The van der Waals surface area contributed by atoms with Crippen molar-refractivity contribution in [1.82, 2.24) is 9.78 Å². The monoisotopic (exact) mass is 360 g/mol. The summed E-state index contributed by atoms with van der Waals surface area (Å²) in [6.07, 6.45) is 0. The van der Waals surface area contributed by atoms with Crippen LogP contribution in [-0.2, 0) is 17.8 Å². The number of hydrogen-bond donors (Lipinski definition) is 1. The molecular weight excluding hydrogens is 348 g/mol. The van der Waals surface area contributed by atoms with E-state index in [2.05, 4.69) is 5.10 Å². The van der Waals surface area contributed by atoms with Crippen LogP contribution in [0.5, 0.6) is 5.75 Å². The molecule has 0 fully saturated rings. The van der Waals surface area contributed by atoms with Gasteiger partial charge in [0.25, 0.3) is 5.56 Å². The summed E-state index contributed by atoms with van der Waals surface area (Å²) in [6.45, 7) is 0. The van der Waals surface area contributed by atoms with Crippen molar-refractivity contribution in [3.05, 3.63) is 70.0 Å². The van der Waals surface area contributed by atoms with Crippen LogP contribution in [0.1, 0.15) is 0 Å². The minimum absolute atomic E-state index is 0.200. The Labute approximate surface area is 145 Å². The van der Waals surface area contributed by atoms with E-state index in [0.717, 1.165) is 4.68 Å². The van der Waals surface area contributed by atoms with Crippen LogP contribution in [0, 0.1) is 0 Å². The highest BCUT2D eigenvalue weighted by molar-refractivity contribution is 7.85. The third kappa shape index (κ3) is 2.98. The van der Waals surface area contributed by atoms with Crippen molar-refractivity contribution in [2.75, 3.05) is 0 Å². The van der Waals surface area contributed by atoms with E-state index in [4.69, 9.17) is 11.6 Å². The molecule has 1 aromatic heterocycles. The van der Waals surface area contributed by atoms with Gasteiger partial charge in [-0.05, 0) is 24.3 Å². The minimum Gasteiger partial charge on any atom is -0.504 e. The highest BCUT2D eigenvalue weighted by Crippen LogP contribution is 2.31. The smallest absolute Gasteiger partial charge is 0.286 e. The molecule has 1 N–H and O–H groups in total. The molecule has 0 aliphatic rings. The van der Waals surface area contributed by atoms with Crippen molar-refractivity contribution < 1.29 is 9.32 Å². The molecule has 1 heterocycles. The fraction of sp³-hybridized carbons (Fsp3) is 0.0588. The molecule has 0 aliphatic carbocycles. The number of hydrogen-bond acceptors (Lipinski definition) is 4. The van der Waals surface area contributed by atoms with Crippen LogP contribution >= 0.6 is 11.6 Å². The van der Waals surface area contributed by atoms with Crippen LogP contribution in [0.15, 0.2) is 69.2 Å². The van der Waals surface area contributed by atoms with Crippen LogP contribution in [-0.4, -0.2) is 19.1 Å². The molecule has 1 atom stereocenters. The first-order valence-electron chi connectivity index (χ1n) is 7.02. The largest absolute Gasteiger partial charge is 0.504 e. The Hall–Kier alpha value is -2.44. The molecule has 0 aliphatic heterocycles. The molecule has 122 valence electrons. The van der Waals surface area contributed by atoms with E-state index >= 15 is 0 Å². The summed E-state index contributed by atoms with van der Waals surface area (Å²) in [7, 11) is -0.399. The van der Waals surface area contributed by atoms with Crippen LogP contribution in [0.2, 0.25) is 5.02 Å². The summed E-state index contributed by atoms with van der Waals surface area (Å²) >= 11 is 5.83. The molecule has 0 radical (unpaired) electrons. The standard InChI is InChI=1S/C17H13ClN2O3S/c1-20-17(22)16(24(23)13-9-7-12(18)8-10-13)15(21)14(19-20)11-5-3-2-4-6-11/h2-10,21H,1H3. The van der Waals surface area contributed by atoms with Crippen molar-refractivity contribution in [3.63, 3.8) is 0 Å². The quantitative estimate of drug-likeness (QED) is 0.779. The van der Waals surface area contributed by atoms with Crippen molar-refractivity contribution in [2.24, 2.45) is 7.05 Å². The Bertz CT molecular complexity index is 970. The molecule has 2 aromatic carbocycles. The first-order chi connectivity index (χ1) is 11.5. The number of aryl methyl sites for hydroxylation is 1.